The van der Waals surface area contributed by atoms with Crippen molar-refractivity contribution in [2.75, 3.05) is 11.1 Å². The summed E-state index contributed by atoms with van der Waals surface area (Å²) in [5.74, 6) is -2.19. The highest BCUT2D eigenvalue weighted by atomic mass is 32.2. The van der Waals surface area contributed by atoms with Crippen molar-refractivity contribution in [3.05, 3.63) is 64.6 Å². The molecule has 0 heterocycles. The van der Waals surface area contributed by atoms with Crippen molar-refractivity contribution in [3.63, 3.8) is 0 Å². The van der Waals surface area contributed by atoms with Gasteiger partial charge >= 0.3 is 6.18 Å². The molecule has 160 valence electrons. The second-order valence-electron chi connectivity index (χ2n) is 7.03. The summed E-state index contributed by atoms with van der Waals surface area (Å²) in [6.45, 7) is 2.79. The number of carbonyl (C=O) groups is 1. The molecule has 2 unspecified atom stereocenters. The Morgan fingerprint density at radius 1 is 1.30 bits per heavy atom. The topological polar surface area (TPSA) is 107 Å². The second-order valence-corrected chi connectivity index (χ2v) is 9.02. The smallest absolute Gasteiger partial charge is 0.379 e. The third-order valence-electron chi connectivity index (χ3n) is 4.26. The van der Waals surface area contributed by atoms with Crippen LogP contribution in [-0.4, -0.2) is 30.8 Å². The highest BCUT2D eigenvalue weighted by molar-refractivity contribution is 7.95. The Bertz CT molecular complexity index is 1080. The molecule has 2 N–H and O–H groups in total. The van der Waals surface area contributed by atoms with Gasteiger partial charge in [-0.1, -0.05) is 25.2 Å². The van der Waals surface area contributed by atoms with Gasteiger partial charge in [-0.05, 0) is 43.2 Å². The number of sulfone groups is 1. The van der Waals surface area contributed by atoms with Gasteiger partial charge in [0.1, 0.15) is 0 Å². The number of nitrogens with zero attached hydrogens (tertiary/aromatic N) is 1. The number of allylic oxidation sites excluding steroid dienone is 5. The summed E-state index contributed by atoms with van der Waals surface area (Å²) in [4.78, 5) is 12.3. The van der Waals surface area contributed by atoms with E-state index in [1.54, 1.807) is 18.2 Å². The predicted molar refractivity (Wildman–Crippen MR) is 105 cm³/mol. The number of hydrogen-bond donors (Lipinski definition) is 2. The minimum absolute atomic E-state index is 0.00281. The van der Waals surface area contributed by atoms with Crippen LogP contribution in [0.2, 0.25) is 0 Å². The van der Waals surface area contributed by atoms with E-state index in [-0.39, 0.29) is 16.5 Å². The van der Waals surface area contributed by atoms with Gasteiger partial charge in [-0.15, -0.1) is 0 Å². The van der Waals surface area contributed by atoms with Gasteiger partial charge in [0.25, 0.3) is 5.91 Å². The van der Waals surface area contributed by atoms with E-state index < -0.39 is 44.4 Å². The zero-order valence-corrected chi connectivity index (χ0v) is 16.9. The summed E-state index contributed by atoms with van der Waals surface area (Å²) >= 11 is 0. The molecule has 0 fully saturated rings. The second kappa shape index (κ2) is 8.45. The number of nitrogens with one attached hydrogen (secondary N) is 1. The van der Waals surface area contributed by atoms with E-state index >= 15 is 0 Å². The lowest BCUT2D eigenvalue weighted by atomic mass is 10.1. The van der Waals surface area contributed by atoms with Gasteiger partial charge in [0.2, 0.25) is 0 Å². The number of amides is 1. The fourth-order valence-electron chi connectivity index (χ4n) is 2.64. The Morgan fingerprint density at radius 3 is 2.57 bits per heavy atom. The van der Waals surface area contributed by atoms with Gasteiger partial charge in [0, 0.05) is 5.69 Å². The molecule has 0 spiro atoms. The Kier molecular flexibility index (Phi) is 6.59. The predicted octanol–water partition coefficient (Wildman–Crippen LogP) is 3.33. The van der Waals surface area contributed by atoms with Gasteiger partial charge in [0.05, 0.1) is 27.9 Å². The number of alkyl halides is 3. The Balaban J connectivity index is 2.24. The molecule has 1 aliphatic rings. The quantitative estimate of drug-likeness (QED) is 0.730. The van der Waals surface area contributed by atoms with Crippen LogP contribution in [-0.2, 0) is 20.8 Å². The molecule has 1 amide bonds. The average Bonchev–Trinajstić information content (AvgIpc) is 2.85. The Hall–Kier alpha value is -2.90. The van der Waals surface area contributed by atoms with Crippen molar-refractivity contribution >= 4 is 21.4 Å². The minimum Gasteiger partial charge on any atom is -0.379 e. The first-order valence-corrected chi connectivity index (χ1v) is 10.4. The lowest BCUT2D eigenvalue weighted by Gasteiger charge is -2.23. The zero-order chi connectivity index (χ0) is 22.7. The van der Waals surface area contributed by atoms with E-state index in [4.69, 9.17) is 5.26 Å². The number of benzene rings is 1. The van der Waals surface area contributed by atoms with E-state index in [1.165, 1.54) is 18.2 Å². The maximum Gasteiger partial charge on any atom is 0.417 e. The molecule has 6 nitrogen and oxygen atoms in total. The monoisotopic (exact) mass is 440 g/mol. The molecule has 10 heteroatoms. The van der Waals surface area contributed by atoms with Crippen LogP contribution in [0.25, 0.3) is 0 Å². The highest BCUT2D eigenvalue weighted by Crippen LogP contribution is 2.33. The molecular weight excluding hydrogens is 421 g/mol. The number of rotatable bonds is 5. The zero-order valence-electron chi connectivity index (χ0n) is 16.1. The fourth-order valence-corrected chi connectivity index (χ4v) is 4.25. The van der Waals surface area contributed by atoms with Crippen LogP contribution in [0.3, 0.4) is 0 Å². The molecule has 0 saturated carbocycles. The molecule has 1 aliphatic carbocycles. The number of carbonyl (C=O) groups excluding carboxylic acids is 1. The first-order valence-electron chi connectivity index (χ1n) is 8.71. The molecule has 0 aromatic heterocycles. The third kappa shape index (κ3) is 5.58. The van der Waals surface area contributed by atoms with E-state index in [1.807, 2.05) is 6.92 Å². The number of anilines is 1. The van der Waals surface area contributed by atoms with Crippen LogP contribution in [0.4, 0.5) is 18.9 Å². The Morgan fingerprint density at radius 2 is 1.97 bits per heavy atom. The molecule has 0 radical (unpaired) electrons. The molecule has 0 bridgehead atoms. The van der Waals surface area contributed by atoms with Crippen LogP contribution < -0.4 is 5.32 Å². The molecular formula is C20H19F3N2O4S. The van der Waals surface area contributed by atoms with Crippen LogP contribution in [0.15, 0.2) is 53.5 Å². The summed E-state index contributed by atoms with van der Waals surface area (Å²) in [7, 11) is -4.08. The summed E-state index contributed by atoms with van der Waals surface area (Å²) in [6.07, 6.45) is 2.80. The number of nitriles is 1. The van der Waals surface area contributed by atoms with E-state index in [0.717, 1.165) is 19.1 Å². The van der Waals surface area contributed by atoms with Crippen molar-refractivity contribution in [3.8, 4) is 6.07 Å². The first-order chi connectivity index (χ1) is 13.8. The van der Waals surface area contributed by atoms with Crippen LogP contribution >= 0.6 is 0 Å². The number of hydrogen-bond acceptors (Lipinski definition) is 5. The van der Waals surface area contributed by atoms with Gasteiger partial charge in [-0.3, -0.25) is 4.79 Å². The van der Waals surface area contributed by atoms with Crippen molar-refractivity contribution < 1.29 is 31.5 Å². The fraction of sp³-hybridized carbons (Fsp3) is 0.300. The summed E-state index contributed by atoms with van der Waals surface area (Å²) in [5, 5.41) is 21.3. The van der Waals surface area contributed by atoms with Gasteiger partial charge in [-0.2, -0.15) is 18.4 Å². The van der Waals surface area contributed by atoms with E-state index in [0.29, 0.717) is 6.07 Å². The van der Waals surface area contributed by atoms with Gasteiger partial charge in [0.15, 0.2) is 15.4 Å². The summed E-state index contributed by atoms with van der Waals surface area (Å²) < 4.78 is 64.4. The Labute approximate surface area is 171 Å². The van der Waals surface area contributed by atoms with Gasteiger partial charge < -0.3 is 10.4 Å². The molecule has 30 heavy (non-hydrogen) atoms. The van der Waals surface area contributed by atoms with Crippen molar-refractivity contribution in [1.29, 1.82) is 5.26 Å². The maximum absolute atomic E-state index is 13.1. The SMILES string of the molecule is CC1C=CC=C(S(=O)(=O)CC(C)(O)C(=O)Nc2ccc(C#N)c(C(F)(F)F)c2)C=C1. The number of aliphatic hydroxyl groups is 1. The highest BCUT2D eigenvalue weighted by Gasteiger charge is 2.38. The van der Waals surface area contributed by atoms with Crippen LogP contribution in [0, 0.1) is 17.2 Å². The lowest BCUT2D eigenvalue weighted by molar-refractivity contribution is -0.137. The number of halogens is 3. The molecule has 1 aromatic carbocycles. The molecule has 0 saturated heterocycles. The van der Waals surface area contributed by atoms with Crippen LogP contribution in [0.1, 0.15) is 25.0 Å². The normalized spacial score (nSPS) is 18.7. The van der Waals surface area contributed by atoms with Gasteiger partial charge in [-0.25, -0.2) is 8.42 Å². The van der Waals surface area contributed by atoms with Crippen molar-refractivity contribution in [2.24, 2.45) is 5.92 Å². The third-order valence-corrected chi connectivity index (χ3v) is 6.19. The molecule has 0 aliphatic heterocycles. The largest absolute Gasteiger partial charge is 0.417 e. The van der Waals surface area contributed by atoms with E-state index in [9.17, 15) is 31.5 Å². The van der Waals surface area contributed by atoms with Crippen molar-refractivity contribution in [2.45, 2.75) is 25.6 Å². The summed E-state index contributed by atoms with van der Waals surface area (Å²) in [5.41, 5.74) is -4.66. The molecule has 2 rings (SSSR count). The standard InChI is InChI=1S/C20H19F3N2O4S/c1-13-4-3-5-16(9-6-13)30(28,29)12-19(2,27)18(26)25-15-8-7-14(11-24)17(10-15)20(21,22)23/h3-10,13,27H,12H2,1-2H3,(H,25,26). The van der Waals surface area contributed by atoms with Crippen LogP contribution in [0.5, 0.6) is 0 Å². The minimum atomic E-state index is -4.83. The maximum atomic E-state index is 13.1. The average molecular weight is 440 g/mol. The molecule has 1 aromatic rings. The summed E-state index contributed by atoms with van der Waals surface area (Å²) in [6, 6.07) is 3.88. The lowest BCUT2D eigenvalue weighted by Crippen LogP contribution is -2.46. The van der Waals surface area contributed by atoms with E-state index in [2.05, 4.69) is 5.32 Å². The first kappa shape index (κ1) is 23.4. The molecule has 2 atom stereocenters. The van der Waals surface area contributed by atoms with Crippen molar-refractivity contribution in [1.82, 2.24) is 0 Å².